The summed E-state index contributed by atoms with van der Waals surface area (Å²) in [6, 6.07) is 27.3. The van der Waals surface area contributed by atoms with Crippen LogP contribution in [0.3, 0.4) is 0 Å². The Morgan fingerprint density at radius 1 is 0.941 bits per heavy atom. The van der Waals surface area contributed by atoms with Gasteiger partial charge in [-0.15, -0.1) is 0 Å². The SMILES string of the molecule is COc1ccccc1-c1c(C#N)c(C(C)C(=O)O)c2ccccc2c1COCc1ccccc1. The molecule has 1 atom stereocenters. The zero-order valence-corrected chi connectivity index (χ0v) is 19.1. The molecular formula is C29H25NO4. The molecule has 5 heteroatoms. The fourth-order valence-corrected chi connectivity index (χ4v) is 4.37. The number of carbonyl (C=O) groups is 1. The number of fused-ring (bicyclic) bond motifs is 1. The topological polar surface area (TPSA) is 79.5 Å². The Labute approximate surface area is 198 Å². The van der Waals surface area contributed by atoms with E-state index in [1.807, 2.05) is 78.9 Å². The van der Waals surface area contributed by atoms with Crippen molar-refractivity contribution in [1.82, 2.24) is 0 Å². The number of nitriles is 1. The third kappa shape index (κ3) is 4.36. The van der Waals surface area contributed by atoms with Crippen molar-refractivity contribution in [2.24, 2.45) is 0 Å². The fourth-order valence-electron chi connectivity index (χ4n) is 4.37. The lowest BCUT2D eigenvalue weighted by Gasteiger charge is -2.22. The van der Waals surface area contributed by atoms with Crippen LogP contribution in [0.2, 0.25) is 0 Å². The summed E-state index contributed by atoms with van der Waals surface area (Å²) in [7, 11) is 1.58. The van der Waals surface area contributed by atoms with Gasteiger partial charge in [-0.05, 0) is 40.5 Å². The molecule has 170 valence electrons. The predicted molar refractivity (Wildman–Crippen MR) is 132 cm³/mol. The number of hydrogen-bond donors (Lipinski definition) is 1. The first-order valence-electron chi connectivity index (χ1n) is 11.0. The third-order valence-electron chi connectivity index (χ3n) is 6.01. The van der Waals surface area contributed by atoms with Gasteiger partial charge in [0.15, 0.2) is 0 Å². The van der Waals surface area contributed by atoms with Gasteiger partial charge in [0.25, 0.3) is 0 Å². The van der Waals surface area contributed by atoms with Crippen molar-refractivity contribution in [2.75, 3.05) is 7.11 Å². The number of rotatable bonds is 8. The molecule has 0 aliphatic heterocycles. The van der Waals surface area contributed by atoms with Gasteiger partial charge in [-0.2, -0.15) is 5.26 Å². The molecule has 0 aromatic heterocycles. The van der Waals surface area contributed by atoms with Crippen LogP contribution in [-0.2, 0) is 22.7 Å². The summed E-state index contributed by atoms with van der Waals surface area (Å²) in [4.78, 5) is 12.0. The standard InChI is InChI=1S/C29H25NO4/c1-19(29(31)32)27-22-13-7-6-12-21(22)25(18-34-17-20-10-4-3-5-11-20)28(24(27)16-30)23-14-8-9-15-26(23)33-2/h3-15,19H,17-18H2,1-2H3,(H,31,32). The molecule has 0 aliphatic carbocycles. The number of methoxy groups -OCH3 is 1. The molecule has 0 amide bonds. The Morgan fingerprint density at radius 3 is 2.26 bits per heavy atom. The first kappa shape index (κ1) is 23.0. The van der Waals surface area contributed by atoms with Gasteiger partial charge in [-0.1, -0.05) is 72.8 Å². The number of aliphatic carboxylic acids is 1. The second-order valence-corrected chi connectivity index (χ2v) is 8.04. The smallest absolute Gasteiger partial charge is 0.310 e. The largest absolute Gasteiger partial charge is 0.496 e. The highest BCUT2D eigenvalue weighted by molar-refractivity contribution is 6.01. The number of nitrogens with zero attached hydrogens (tertiary/aromatic N) is 1. The van der Waals surface area contributed by atoms with E-state index in [0.717, 1.165) is 27.5 Å². The molecule has 0 spiro atoms. The molecule has 0 heterocycles. The van der Waals surface area contributed by atoms with E-state index < -0.39 is 11.9 Å². The molecule has 5 nitrogen and oxygen atoms in total. The number of ether oxygens (including phenoxy) is 2. The molecule has 1 N–H and O–H groups in total. The minimum absolute atomic E-state index is 0.249. The maximum absolute atomic E-state index is 12.0. The van der Waals surface area contributed by atoms with Crippen LogP contribution in [0.5, 0.6) is 5.75 Å². The van der Waals surface area contributed by atoms with Gasteiger partial charge in [0.2, 0.25) is 0 Å². The van der Waals surface area contributed by atoms with Crippen molar-refractivity contribution in [2.45, 2.75) is 26.1 Å². The van der Waals surface area contributed by atoms with Crippen LogP contribution in [-0.4, -0.2) is 18.2 Å². The average Bonchev–Trinajstić information content (AvgIpc) is 2.88. The molecule has 1 unspecified atom stereocenters. The Bertz CT molecular complexity index is 1370. The summed E-state index contributed by atoms with van der Waals surface area (Å²) < 4.78 is 11.8. The molecule has 4 aromatic carbocycles. The quantitative estimate of drug-likeness (QED) is 0.340. The molecule has 0 fully saturated rings. The molecule has 0 aliphatic rings. The van der Waals surface area contributed by atoms with Crippen LogP contribution in [0, 0.1) is 11.3 Å². The van der Waals surface area contributed by atoms with Gasteiger partial charge < -0.3 is 14.6 Å². The van der Waals surface area contributed by atoms with E-state index in [1.165, 1.54) is 0 Å². The Balaban J connectivity index is 1.99. The predicted octanol–water partition coefficient (Wildman–Crippen LogP) is 6.29. The summed E-state index contributed by atoms with van der Waals surface area (Å²) in [5.41, 5.74) is 4.07. The van der Waals surface area contributed by atoms with Crippen LogP contribution >= 0.6 is 0 Å². The minimum Gasteiger partial charge on any atom is -0.496 e. The Hall–Kier alpha value is -4.14. The summed E-state index contributed by atoms with van der Waals surface area (Å²) in [5, 5.41) is 21.8. The van der Waals surface area contributed by atoms with Crippen LogP contribution in [0.1, 0.15) is 35.1 Å². The second kappa shape index (κ2) is 10.2. The van der Waals surface area contributed by atoms with Gasteiger partial charge in [0, 0.05) is 11.1 Å². The summed E-state index contributed by atoms with van der Waals surface area (Å²) in [6.45, 7) is 2.28. The number of hydrogen-bond acceptors (Lipinski definition) is 4. The van der Waals surface area contributed by atoms with Crippen molar-refractivity contribution >= 4 is 16.7 Å². The van der Waals surface area contributed by atoms with E-state index in [9.17, 15) is 15.2 Å². The number of carboxylic acid groups (broad SMARTS) is 1. The van der Waals surface area contributed by atoms with E-state index in [2.05, 4.69) is 6.07 Å². The Kier molecular flexibility index (Phi) is 6.91. The van der Waals surface area contributed by atoms with Crippen LogP contribution in [0.25, 0.3) is 21.9 Å². The second-order valence-electron chi connectivity index (χ2n) is 8.04. The van der Waals surface area contributed by atoms with Crippen molar-refractivity contribution in [3.05, 3.63) is 101 Å². The van der Waals surface area contributed by atoms with Crippen LogP contribution < -0.4 is 4.74 Å². The van der Waals surface area contributed by atoms with Crippen LogP contribution in [0.15, 0.2) is 78.9 Å². The molecule has 0 saturated carbocycles. The number of carboxylic acids is 1. The highest BCUT2D eigenvalue weighted by Crippen LogP contribution is 2.43. The molecule has 0 bridgehead atoms. The first-order valence-corrected chi connectivity index (χ1v) is 11.0. The van der Waals surface area contributed by atoms with E-state index in [4.69, 9.17) is 9.47 Å². The zero-order chi connectivity index (χ0) is 24.1. The van der Waals surface area contributed by atoms with E-state index >= 15 is 0 Å². The van der Waals surface area contributed by atoms with Gasteiger partial charge in [0.1, 0.15) is 11.8 Å². The highest BCUT2D eigenvalue weighted by atomic mass is 16.5. The molecule has 34 heavy (non-hydrogen) atoms. The molecule has 0 radical (unpaired) electrons. The van der Waals surface area contributed by atoms with Gasteiger partial charge >= 0.3 is 5.97 Å². The van der Waals surface area contributed by atoms with Crippen molar-refractivity contribution in [3.8, 4) is 22.9 Å². The van der Waals surface area contributed by atoms with Crippen LogP contribution in [0.4, 0.5) is 0 Å². The summed E-state index contributed by atoms with van der Waals surface area (Å²) in [5.74, 6) is -1.25. The van der Waals surface area contributed by atoms with E-state index in [0.29, 0.717) is 29.0 Å². The third-order valence-corrected chi connectivity index (χ3v) is 6.01. The monoisotopic (exact) mass is 451 g/mol. The fraction of sp³-hybridized carbons (Fsp3) is 0.172. The van der Waals surface area contributed by atoms with Crippen molar-refractivity contribution in [3.63, 3.8) is 0 Å². The normalized spacial score (nSPS) is 11.7. The van der Waals surface area contributed by atoms with Gasteiger partial charge in [-0.3, -0.25) is 4.79 Å². The molecule has 4 aromatic rings. The van der Waals surface area contributed by atoms with E-state index in [1.54, 1.807) is 14.0 Å². The maximum Gasteiger partial charge on any atom is 0.310 e. The van der Waals surface area contributed by atoms with Gasteiger partial charge in [0.05, 0.1) is 31.8 Å². The average molecular weight is 452 g/mol. The number of benzene rings is 4. The molecule has 0 saturated heterocycles. The molecule has 4 rings (SSSR count). The lowest BCUT2D eigenvalue weighted by atomic mass is 9.82. The Morgan fingerprint density at radius 2 is 1.59 bits per heavy atom. The van der Waals surface area contributed by atoms with Crippen molar-refractivity contribution < 1.29 is 19.4 Å². The summed E-state index contributed by atoms with van der Waals surface area (Å²) in [6.07, 6.45) is 0. The lowest BCUT2D eigenvalue weighted by Crippen LogP contribution is -2.12. The number of para-hydroxylation sites is 1. The lowest BCUT2D eigenvalue weighted by molar-refractivity contribution is -0.138. The molecular weight excluding hydrogens is 426 g/mol. The minimum atomic E-state index is -0.985. The first-order chi connectivity index (χ1) is 16.6. The van der Waals surface area contributed by atoms with Gasteiger partial charge in [-0.25, -0.2) is 0 Å². The van der Waals surface area contributed by atoms with E-state index in [-0.39, 0.29) is 6.61 Å². The summed E-state index contributed by atoms with van der Waals surface area (Å²) >= 11 is 0. The zero-order valence-electron chi connectivity index (χ0n) is 19.1. The maximum atomic E-state index is 12.0. The van der Waals surface area contributed by atoms with Crippen molar-refractivity contribution in [1.29, 1.82) is 5.26 Å². The highest BCUT2D eigenvalue weighted by Gasteiger charge is 2.27.